The third-order valence-electron chi connectivity index (χ3n) is 3.44. The molecule has 0 saturated carbocycles. The third-order valence-corrected chi connectivity index (χ3v) is 3.67. The second-order valence-electron chi connectivity index (χ2n) is 4.87. The zero-order valence-corrected chi connectivity index (χ0v) is 11.9. The van der Waals surface area contributed by atoms with E-state index < -0.39 is 0 Å². The summed E-state index contributed by atoms with van der Waals surface area (Å²) < 4.78 is 14.1. The molecule has 0 bridgehead atoms. The molecule has 3 nitrogen and oxygen atoms in total. The van der Waals surface area contributed by atoms with Crippen molar-refractivity contribution in [3.05, 3.63) is 70.5 Å². The SMILES string of the molecule is NC1=NN=C(c2cc(Cl)ccc2F)C(c2ccccc2)C1. The van der Waals surface area contributed by atoms with Crippen molar-refractivity contribution >= 4 is 23.1 Å². The van der Waals surface area contributed by atoms with Crippen molar-refractivity contribution in [2.75, 3.05) is 0 Å². The first-order valence-corrected chi connectivity index (χ1v) is 6.93. The van der Waals surface area contributed by atoms with E-state index in [-0.39, 0.29) is 11.7 Å². The highest BCUT2D eigenvalue weighted by atomic mass is 35.5. The van der Waals surface area contributed by atoms with Crippen LogP contribution in [0.15, 0.2) is 58.7 Å². The molecule has 0 aliphatic carbocycles. The summed E-state index contributed by atoms with van der Waals surface area (Å²) in [7, 11) is 0. The number of halogens is 2. The molecule has 0 aromatic heterocycles. The van der Waals surface area contributed by atoms with Crippen LogP contribution in [0.25, 0.3) is 0 Å². The van der Waals surface area contributed by atoms with Crippen LogP contribution in [0.2, 0.25) is 5.02 Å². The Labute approximate surface area is 127 Å². The molecule has 0 amide bonds. The molecule has 0 fully saturated rings. The van der Waals surface area contributed by atoms with Gasteiger partial charge in [-0.3, -0.25) is 0 Å². The molecule has 3 rings (SSSR count). The molecule has 2 aromatic rings. The Morgan fingerprint density at radius 2 is 1.86 bits per heavy atom. The molecular weight excluding hydrogens is 289 g/mol. The van der Waals surface area contributed by atoms with Gasteiger partial charge in [-0.25, -0.2) is 4.39 Å². The Bertz CT molecular complexity index is 726. The predicted octanol–water partition coefficient (Wildman–Crippen LogP) is 3.73. The molecule has 2 aromatic carbocycles. The summed E-state index contributed by atoms with van der Waals surface area (Å²) in [6, 6.07) is 14.2. The van der Waals surface area contributed by atoms with Crippen LogP contribution in [0.1, 0.15) is 23.5 Å². The molecule has 1 aliphatic rings. The van der Waals surface area contributed by atoms with Crippen LogP contribution in [0, 0.1) is 5.82 Å². The molecule has 0 spiro atoms. The van der Waals surface area contributed by atoms with E-state index in [1.807, 2.05) is 30.3 Å². The van der Waals surface area contributed by atoms with Gasteiger partial charge in [0.2, 0.25) is 0 Å². The number of benzene rings is 2. The van der Waals surface area contributed by atoms with E-state index in [1.165, 1.54) is 12.1 Å². The highest BCUT2D eigenvalue weighted by Gasteiger charge is 2.26. The van der Waals surface area contributed by atoms with Gasteiger partial charge in [0.25, 0.3) is 0 Å². The average Bonchev–Trinajstić information content (AvgIpc) is 2.51. The van der Waals surface area contributed by atoms with Crippen LogP contribution < -0.4 is 5.73 Å². The van der Waals surface area contributed by atoms with Crippen molar-refractivity contribution in [2.24, 2.45) is 15.9 Å². The van der Waals surface area contributed by atoms with E-state index in [0.29, 0.717) is 28.6 Å². The van der Waals surface area contributed by atoms with Gasteiger partial charge in [0.1, 0.15) is 11.7 Å². The van der Waals surface area contributed by atoms with Crippen LogP contribution in [-0.2, 0) is 0 Å². The zero-order chi connectivity index (χ0) is 14.8. The monoisotopic (exact) mass is 301 g/mol. The number of rotatable bonds is 2. The Morgan fingerprint density at radius 1 is 1.10 bits per heavy atom. The summed E-state index contributed by atoms with van der Waals surface area (Å²) in [6.07, 6.45) is 0.509. The second kappa shape index (κ2) is 5.66. The van der Waals surface area contributed by atoms with E-state index in [0.717, 1.165) is 5.56 Å². The molecular formula is C16H13ClFN3. The number of nitrogens with zero attached hydrogens (tertiary/aromatic N) is 2. The predicted molar refractivity (Wildman–Crippen MR) is 83.4 cm³/mol. The minimum Gasteiger partial charge on any atom is -0.386 e. The third kappa shape index (κ3) is 2.81. The quantitative estimate of drug-likeness (QED) is 0.903. The fourth-order valence-corrected chi connectivity index (χ4v) is 2.60. The van der Waals surface area contributed by atoms with Gasteiger partial charge in [-0.05, 0) is 23.8 Å². The van der Waals surface area contributed by atoms with Crippen LogP contribution in [0.4, 0.5) is 4.39 Å². The van der Waals surface area contributed by atoms with Crippen molar-refractivity contribution in [2.45, 2.75) is 12.3 Å². The van der Waals surface area contributed by atoms with Crippen molar-refractivity contribution in [1.82, 2.24) is 0 Å². The molecule has 0 saturated heterocycles. The van der Waals surface area contributed by atoms with Gasteiger partial charge >= 0.3 is 0 Å². The Morgan fingerprint density at radius 3 is 2.62 bits per heavy atom. The Kier molecular flexibility index (Phi) is 3.71. The summed E-state index contributed by atoms with van der Waals surface area (Å²) >= 11 is 5.98. The molecule has 1 unspecified atom stereocenters. The number of hydrogen-bond acceptors (Lipinski definition) is 3. The topological polar surface area (TPSA) is 50.7 Å². The molecule has 0 radical (unpaired) electrons. The molecule has 21 heavy (non-hydrogen) atoms. The Hall–Kier alpha value is -2.20. The molecule has 1 atom stereocenters. The minimum absolute atomic E-state index is 0.128. The lowest BCUT2D eigenvalue weighted by Gasteiger charge is -2.22. The van der Waals surface area contributed by atoms with Crippen LogP contribution in [0.5, 0.6) is 0 Å². The maximum absolute atomic E-state index is 14.1. The fraction of sp³-hybridized carbons (Fsp3) is 0.125. The number of amidine groups is 1. The maximum Gasteiger partial charge on any atom is 0.132 e. The van der Waals surface area contributed by atoms with Gasteiger partial charge in [-0.2, -0.15) is 5.10 Å². The normalized spacial score (nSPS) is 18.1. The smallest absolute Gasteiger partial charge is 0.132 e. The molecule has 1 aliphatic heterocycles. The van der Waals surface area contributed by atoms with E-state index in [2.05, 4.69) is 10.2 Å². The summed E-state index contributed by atoms with van der Waals surface area (Å²) in [6.45, 7) is 0. The lowest BCUT2D eigenvalue weighted by molar-refractivity contribution is 0.623. The Balaban J connectivity index is 2.11. The first-order chi connectivity index (χ1) is 10.1. The maximum atomic E-state index is 14.1. The summed E-state index contributed by atoms with van der Waals surface area (Å²) in [4.78, 5) is 0. The van der Waals surface area contributed by atoms with Gasteiger partial charge in [0.15, 0.2) is 0 Å². The van der Waals surface area contributed by atoms with Crippen molar-refractivity contribution < 1.29 is 4.39 Å². The molecule has 5 heteroatoms. The molecule has 2 N–H and O–H groups in total. The van der Waals surface area contributed by atoms with E-state index in [1.54, 1.807) is 6.07 Å². The minimum atomic E-state index is -0.366. The first kappa shape index (κ1) is 13.8. The van der Waals surface area contributed by atoms with E-state index >= 15 is 0 Å². The van der Waals surface area contributed by atoms with Gasteiger partial charge in [-0.15, -0.1) is 5.10 Å². The van der Waals surface area contributed by atoms with Crippen LogP contribution in [-0.4, -0.2) is 11.5 Å². The average molecular weight is 302 g/mol. The van der Waals surface area contributed by atoms with Crippen molar-refractivity contribution in [3.63, 3.8) is 0 Å². The number of hydrogen-bond donors (Lipinski definition) is 1. The summed E-state index contributed by atoms with van der Waals surface area (Å²) in [5.41, 5.74) is 7.74. The molecule has 1 heterocycles. The van der Waals surface area contributed by atoms with Crippen LogP contribution in [0.3, 0.4) is 0 Å². The standard InChI is InChI=1S/C16H13ClFN3/c17-11-6-7-14(18)13(8-11)16-12(9-15(19)20-21-16)10-4-2-1-3-5-10/h1-8,12H,9H2,(H2,19,20). The lowest BCUT2D eigenvalue weighted by Crippen LogP contribution is -2.26. The van der Waals surface area contributed by atoms with Gasteiger partial charge < -0.3 is 5.73 Å². The first-order valence-electron chi connectivity index (χ1n) is 6.55. The number of nitrogens with two attached hydrogens (primary N) is 1. The lowest BCUT2D eigenvalue weighted by atomic mass is 9.86. The van der Waals surface area contributed by atoms with E-state index in [4.69, 9.17) is 17.3 Å². The van der Waals surface area contributed by atoms with Crippen LogP contribution >= 0.6 is 11.6 Å². The zero-order valence-electron chi connectivity index (χ0n) is 11.1. The largest absolute Gasteiger partial charge is 0.386 e. The van der Waals surface area contributed by atoms with Gasteiger partial charge in [0.05, 0.1) is 5.71 Å². The second-order valence-corrected chi connectivity index (χ2v) is 5.30. The highest BCUT2D eigenvalue weighted by molar-refractivity contribution is 6.31. The fourth-order valence-electron chi connectivity index (χ4n) is 2.43. The van der Waals surface area contributed by atoms with Gasteiger partial charge in [0, 0.05) is 22.9 Å². The van der Waals surface area contributed by atoms with Crippen molar-refractivity contribution in [3.8, 4) is 0 Å². The van der Waals surface area contributed by atoms with E-state index in [9.17, 15) is 4.39 Å². The summed E-state index contributed by atoms with van der Waals surface area (Å²) in [5, 5.41) is 8.49. The molecule has 106 valence electrons. The van der Waals surface area contributed by atoms with Crippen molar-refractivity contribution in [1.29, 1.82) is 0 Å². The van der Waals surface area contributed by atoms with Gasteiger partial charge in [-0.1, -0.05) is 41.9 Å². The highest BCUT2D eigenvalue weighted by Crippen LogP contribution is 2.30. The summed E-state index contributed by atoms with van der Waals surface area (Å²) in [5.74, 6) is -0.0542.